The van der Waals surface area contributed by atoms with Crippen molar-refractivity contribution < 1.29 is 13.2 Å². The van der Waals surface area contributed by atoms with Gasteiger partial charge in [-0.15, -0.1) is 0 Å². The van der Waals surface area contributed by atoms with Crippen LogP contribution < -0.4 is 0 Å². The summed E-state index contributed by atoms with van der Waals surface area (Å²) >= 11 is 0. The predicted octanol–water partition coefficient (Wildman–Crippen LogP) is 1.34. The molecule has 1 unspecified atom stereocenters. The Labute approximate surface area is 127 Å². The van der Waals surface area contributed by atoms with E-state index in [4.69, 9.17) is 0 Å². The highest BCUT2D eigenvalue weighted by atomic mass is 32.2. The minimum absolute atomic E-state index is 0.00320. The molecule has 21 heavy (non-hydrogen) atoms. The van der Waals surface area contributed by atoms with Crippen LogP contribution in [0.15, 0.2) is 18.5 Å². The van der Waals surface area contributed by atoms with Gasteiger partial charge in [-0.3, -0.25) is 9.48 Å². The predicted molar refractivity (Wildman–Crippen MR) is 82.6 cm³/mol. The van der Waals surface area contributed by atoms with Crippen molar-refractivity contribution >= 4 is 15.7 Å². The second kappa shape index (κ2) is 8.17. The number of amides is 1. The lowest BCUT2D eigenvalue weighted by Gasteiger charge is -2.28. The smallest absolute Gasteiger partial charge is 0.222 e. The summed E-state index contributed by atoms with van der Waals surface area (Å²) in [5, 5.41) is 4.09. The van der Waals surface area contributed by atoms with Crippen LogP contribution in [-0.4, -0.2) is 53.1 Å². The molecule has 6 nitrogen and oxygen atoms in total. The van der Waals surface area contributed by atoms with Gasteiger partial charge in [0, 0.05) is 43.7 Å². The Hall–Kier alpha value is -1.37. The molecule has 0 N–H and O–H groups in total. The minimum Gasteiger partial charge on any atom is -0.339 e. The number of nitrogens with zero attached hydrogens (tertiary/aromatic N) is 3. The number of carbonyl (C=O) groups excluding carboxylic acids is 1. The summed E-state index contributed by atoms with van der Waals surface area (Å²) in [6.07, 6.45) is 4.67. The van der Waals surface area contributed by atoms with E-state index in [1.165, 1.54) is 0 Å². The zero-order valence-electron chi connectivity index (χ0n) is 13.0. The van der Waals surface area contributed by atoms with Gasteiger partial charge < -0.3 is 4.90 Å². The molecule has 0 aliphatic rings. The summed E-state index contributed by atoms with van der Waals surface area (Å²) in [7, 11) is -3.07. The fourth-order valence-electron chi connectivity index (χ4n) is 2.28. The van der Waals surface area contributed by atoms with E-state index in [0.29, 0.717) is 25.9 Å². The fraction of sp³-hybridized carbons (Fsp3) is 0.714. The van der Waals surface area contributed by atoms with E-state index in [1.54, 1.807) is 29.6 Å². The molecule has 0 fully saturated rings. The minimum atomic E-state index is -3.07. The second-order valence-electron chi connectivity index (χ2n) is 5.10. The van der Waals surface area contributed by atoms with Crippen LogP contribution in [0.3, 0.4) is 0 Å². The van der Waals surface area contributed by atoms with E-state index in [2.05, 4.69) is 5.10 Å². The molecule has 1 aromatic rings. The van der Waals surface area contributed by atoms with Gasteiger partial charge in [0.1, 0.15) is 0 Å². The van der Waals surface area contributed by atoms with Crippen LogP contribution in [0.2, 0.25) is 0 Å². The van der Waals surface area contributed by atoms with Gasteiger partial charge in [-0.1, -0.05) is 6.92 Å². The summed E-state index contributed by atoms with van der Waals surface area (Å²) in [6, 6.07) is 1.56. The molecular weight excluding hydrogens is 290 g/mol. The van der Waals surface area contributed by atoms with E-state index in [-0.39, 0.29) is 23.5 Å². The molecule has 1 heterocycles. The molecule has 0 aromatic carbocycles. The zero-order valence-corrected chi connectivity index (χ0v) is 13.8. The number of aromatic nitrogens is 2. The number of hydrogen-bond donors (Lipinski definition) is 0. The first-order valence-electron chi connectivity index (χ1n) is 7.37. The van der Waals surface area contributed by atoms with Gasteiger partial charge in [0.05, 0.1) is 5.75 Å². The monoisotopic (exact) mass is 315 g/mol. The van der Waals surface area contributed by atoms with Crippen LogP contribution in [0.5, 0.6) is 0 Å². The molecule has 1 amide bonds. The van der Waals surface area contributed by atoms with Crippen LogP contribution in [-0.2, 0) is 21.2 Å². The van der Waals surface area contributed by atoms with E-state index in [1.807, 2.05) is 19.2 Å². The second-order valence-corrected chi connectivity index (χ2v) is 7.50. The van der Waals surface area contributed by atoms with Crippen molar-refractivity contribution in [2.24, 2.45) is 0 Å². The Morgan fingerprint density at radius 1 is 1.38 bits per heavy atom. The Kier molecular flexibility index (Phi) is 6.87. The van der Waals surface area contributed by atoms with Crippen molar-refractivity contribution in [3.63, 3.8) is 0 Å². The summed E-state index contributed by atoms with van der Waals surface area (Å²) in [6.45, 7) is 6.52. The first kappa shape index (κ1) is 17.7. The summed E-state index contributed by atoms with van der Waals surface area (Å²) in [4.78, 5) is 13.9. The average Bonchev–Trinajstić information content (AvgIpc) is 2.92. The summed E-state index contributed by atoms with van der Waals surface area (Å²) < 4.78 is 25.1. The molecule has 0 aliphatic carbocycles. The van der Waals surface area contributed by atoms with Crippen LogP contribution in [0, 0.1) is 0 Å². The summed E-state index contributed by atoms with van der Waals surface area (Å²) in [5.41, 5.74) is 0. The third kappa shape index (κ3) is 5.87. The van der Waals surface area contributed by atoms with Crippen LogP contribution in [0.1, 0.15) is 33.6 Å². The van der Waals surface area contributed by atoms with Crippen molar-refractivity contribution in [3.05, 3.63) is 18.5 Å². The molecule has 7 heteroatoms. The van der Waals surface area contributed by atoms with Gasteiger partial charge in [0.25, 0.3) is 0 Å². The maximum absolute atomic E-state index is 12.2. The molecule has 0 radical (unpaired) electrons. The Balaban J connectivity index is 2.48. The highest BCUT2D eigenvalue weighted by Crippen LogP contribution is 2.08. The lowest BCUT2D eigenvalue weighted by Crippen LogP contribution is -2.42. The lowest BCUT2D eigenvalue weighted by molar-refractivity contribution is -0.132. The molecule has 0 bridgehead atoms. The highest BCUT2D eigenvalue weighted by Gasteiger charge is 2.22. The van der Waals surface area contributed by atoms with Crippen molar-refractivity contribution in [2.75, 3.05) is 18.1 Å². The lowest BCUT2D eigenvalue weighted by atomic mass is 10.2. The molecule has 1 atom stereocenters. The van der Waals surface area contributed by atoms with E-state index < -0.39 is 9.84 Å². The molecule has 0 aliphatic heterocycles. The maximum Gasteiger partial charge on any atom is 0.222 e. The van der Waals surface area contributed by atoms with Crippen molar-refractivity contribution in [3.8, 4) is 0 Å². The Bertz CT molecular complexity index is 526. The Morgan fingerprint density at radius 3 is 2.62 bits per heavy atom. The highest BCUT2D eigenvalue weighted by molar-refractivity contribution is 7.91. The standard InChI is InChI=1S/C14H25N3O3S/c1-4-17(13(3)12-21(19,20)5-2)14(18)8-6-10-16-11-7-9-15-16/h7,9,11,13H,4-6,8,10,12H2,1-3H3. The largest absolute Gasteiger partial charge is 0.339 e. The first-order valence-corrected chi connectivity index (χ1v) is 9.19. The van der Waals surface area contributed by atoms with E-state index in [9.17, 15) is 13.2 Å². The van der Waals surface area contributed by atoms with Crippen LogP contribution >= 0.6 is 0 Å². The van der Waals surface area contributed by atoms with E-state index in [0.717, 1.165) is 0 Å². The van der Waals surface area contributed by atoms with Gasteiger partial charge in [0.15, 0.2) is 9.84 Å². The molecule has 1 aromatic heterocycles. The van der Waals surface area contributed by atoms with Crippen molar-refractivity contribution in [1.82, 2.24) is 14.7 Å². The average molecular weight is 315 g/mol. The Morgan fingerprint density at radius 2 is 2.10 bits per heavy atom. The molecule has 0 saturated heterocycles. The fourth-order valence-corrected chi connectivity index (χ4v) is 3.43. The number of hydrogen-bond acceptors (Lipinski definition) is 4. The topological polar surface area (TPSA) is 72.3 Å². The van der Waals surface area contributed by atoms with Gasteiger partial charge >= 0.3 is 0 Å². The van der Waals surface area contributed by atoms with E-state index >= 15 is 0 Å². The molecule has 0 saturated carbocycles. The third-order valence-corrected chi connectivity index (χ3v) is 5.34. The van der Waals surface area contributed by atoms with Gasteiger partial charge in [-0.05, 0) is 26.3 Å². The van der Waals surface area contributed by atoms with Crippen LogP contribution in [0.25, 0.3) is 0 Å². The SMILES string of the molecule is CCN(C(=O)CCCn1cccn1)C(C)CS(=O)(=O)CC. The van der Waals surface area contributed by atoms with Gasteiger partial charge in [-0.25, -0.2) is 8.42 Å². The maximum atomic E-state index is 12.2. The van der Waals surface area contributed by atoms with Crippen molar-refractivity contribution in [1.29, 1.82) is 0 Å². The molecule has 120 valence electrons. The third-order valence-electron chi connectivity index (χ3n) is 3.47. The van der Waals surface area contributed by atoms with Gasteiger partial charge in [-0.2, -0.15) is 5.10 Å². The van der Waals surface area contributed by atoms with Gasteiger partial charge in [0.2, 0.25) is 5.91 Å². The number of sulfone groups is 1. The first-order chi connectivity index (χ1) is 9.89. The van der Waals surface area contributed by atoms with Crippen molar-refractivity contribution in [2.45, 2.75) is 46.2 Å². The normalized spacial score (nSPS) is 13.1. The molecule has 1 rings (SSSR count). The zero-order chi connectivity index (χ0) is 15.9. The molecular formula is C14H25N3O3S. The quantitative estimate of drug-likeness (QED) is 0.689. The molecule has 0 spiro atoms. The number of carbonyl (C=O) groups is 1. The van der Waals surface area contributed by atoms with Crippen LogP contribution in [0.4, 0.5) is 0 Å². The number of aryl methyl sites for hydroxylation is 1. The summed E-state index contributed by atoms with van der Waals surface area (Å²) in [5.74, 6) is 0.147. The number of rotatable bonds is 9.